The molecule has 1 amide bonds. The van der Waals surface area contributed by atoms with Crippen LogP contribution in [-0.4, -0.2) is 29.4 Å². The molecular formula is C6H13NO2S. The molecule has 3 nitrogen and oxygen atoms in total. The lowest BCUT2D eigenvalue weighted by atomic mass is 10.3. The fourth-order valence-electron chi connectivity index (χ4n) is 0.449. The van der Waals surface area contributed by atoms with Gasteiger partial charge in [0.1, 0.15) is 6.10 Å². The fraction of sp³-hybridized carbons (Fsp3) is 0.833. The Labute approximate surface area is 66.2 Å². The van der Waals surface area contributed by atoms with E-state index in [-0.39, 0.29) is 11.7 Å². The maximum absolute atomic E-state index is 10.7. The van der Waals surface area contributed by atoms with Crippen molar-refractivity contribution in [2.45, 2.75) is 19.4 Å². The van der Waals surface area contributed by atoms with Gasteiger partial charge in [-0.25, -0.2) is 0 Å². The van der Waals surface area contributed by atoms with Crippen LogP contribution < -0.4 is 5.32 Å². The lowest BCUT2D eigenvalue weighted by molar-refractivity contribution is -0.128. The zero-order chi connectivity index (χ0) is 7.98. The number of hydrogen-bond donors (Lipinski definition) is 3. The van der Waals surface area contributed by atoms with Gasteiger partial charge in [-0.3, -0.25) is 4.79 Å². The molecule has 1 unspecified atom stereocenters. The molecular weight excluding hydrogens is 150 g/mol. The van der Waals surface area contributed by atoms with Gasteiger partial charge in [0.15, 0.2) is 0 Å². The molecule has 0 saturated heterocycles. The van der Waals surface area contributed by atoms with Crippen LogP contribution in [0, 0.1) is 0 Å². The third-order valence-electron chi connectivity index (χ3n) is 1.02. The van der Waals surface area contributed by atoms with E-state index in [1.54, 1.807) is 0 Å². The number of aliphatic hydroxyl groups is 1. The smallest absolute Gasteiger partial charge is 0.249 e. The van der Waals surface area contributed by atoms with Crippen molar-refractivity contribution >= 4 is 18.5 Å². The van der Waals surface area contributed by atoms with Crippen molar-refractivity contribution < 1.29 is 9.90 Å². The summed E-state index contributed by atoms with van der Waals surface area (Å²) < 4.78 is 0. The zero-order valence-corrected chi connectivity index (χ0v) is 6.90. The van der Waals surface area contributed by atoms with Crippen molar-refractivity contribution in [1.29, 1.82) is 0 Å². The molecule has 4 heteroatoms. The summed E-state index contributed by atoms with van der Waals surface area (Å²) in [4.78, 5) is 10.7. The molecule has 0 aromatic rings. The van der Waals surface area contributed by atoms with E-state index in [0.29, 0.717) is 6.54 Å². The largest absolute Gasteiger partial charge is 0.382 e. The number of carbonyl (C=O) groups is 1. The summed E-state index contributed by atoms with van der Waals surface area (Å²) in [6.45, 7) is 2.57. The summed E-state index contributed by atoms with van der Waals surface area (Å²) in [5, 5.41) is 11.4. The minimum absolute atomic E-state index is 0.176. The maximum atomic E-state index is 10.7. The van der Waals surface area contributed by atoms with E-state index in [2.05, 4.69) is 17.9 Å². The average Bonchev–Trinajstić information content (AvgIpc) is 1.98. The highest BCUT2D eigenvalue weighted by Gasteiger charge is 2.10. The molecule has 0 aliphatic heterocycles. The molecule has 0 aliphatic carbocycles. The van der Waals surface area contributed by atoms with Gasteiger partial charge < -0.3 is 10.4 Å². The lowest BCUT2D eigenvalue weighted by Crippen LogP contribution is -2.35. The van der Waals surface area contributed by atoms with Gasteiger partial charge in [-0.05, 0) is 6.42 Å². The van der Waals surface area contributed by atoms with Crippen molar-refractivity contribution in [3.8, 4) is 0 Å². The van der Waals surface area contributed by atoms with Gasteiger partial charge >= 0.3 is 0 Å². The normalized spacial score (nSPS) is 12.7. The molecule has 0 aromatic carbocycles. The highest BCUT2D eigenvalue weighted by atomic mass is 32.1. The van der Waals surface area contributed by atoms with Gasteiger partial charge in [-0.1, -0.05) is 6.92 Å². The van der Waals surface area contributed by atoms with Gasteiger partial charge in [0.25, 0.3) is 0 Å². The van der Waals surface area contributed by atoms with E-state index in [1.807, 2.05) is 6.92 Å². The number of aliphatic hydroxyl groups excluding tert-OH is 1. The van der Waals surface area contributed by atoms with Crippen LogP contribution in [0.15, 0.2) is 0 Å². The Kier molecular flexibility index (Phi) is 5.43. The van der Waals surface area contributed by atoms with Gasteiger partial charge in [0, 0.05) is 12.3 Å². The Morgan fingerprint density at radius 2 is 2.40 bits per heavy atom. The summed E-state index contributed by atoms with van der Waals surface area (Å²) in [5.74, 6) is -0.160. The maximum Gasteiger partial charge on any atom is 0.249 e. The minimum Gasteiger partial charge on any atom is -0.382 e. The third-order valence-corrected chi connectivity index (χ3v) is 1.37. The Morgan fingerprint density at radius 1 is 1.80 bits per heavy atom. The first-order valence-corrected chi connectivity index (χ1v) is 3.92. The van der Waals surface area contributed by atoms with Crippen LogP contribution in [-0.2, 0) is 4.79 Å². The van der Waals surface area contributed by atoms with Crippen LogP contribution >= 0.6 is 12.6 Å². The molecule has 0 saturated carbocycles. The van der Waals surface area contributed by atoms with Crippen LogP contribution in [0.3, 0.4) is 0 Å². The van der Waals surface area contributed by atoms with E-state index in [0.717, 1.165) is 6.42 Å². The SMILES string of the molecule is CCCNC(=O)C(O)CS. The van der Waals surface area contributed by atoms with Gasteiger partial charge in [-0.15, -0.1) is 0 Å². The van der Waals surface area contributed by atoms with E-state index >= 15 is 0 Å². The Bertz CT molecular complexity index is 108. The molecule has 0 fully saturated rings. The fourth-order valence-corrected chi connectivity index (χ4v) is 0.615. The van der Waals surface area contributed by atoms with E-state index in [4.69, 9.17) is 5.11 Å². The van der Waals surface area contributed by atoms with Crippen molar-refractivity contribution in [2.75, 3.05) is 12.3 Å². The molecule has 0 aromatic heterocycles. The number of nitrogens with one attached hydrogen (secondary N) is 1. The van der Waals surface area contributed by atoms with E-state index < -0.39 is 6.10 Å². The molecule has 0 aliphatic rings. The predicted molar refractivity (Wildman–Crippen MR) is 43.2 cm³/mol. The summed E-state index contributed by atoms with van der Waals surface area (Å²) in [5.41, 5.74) is 0. The van der Waals surface area contributed by atoms with Crippen LogP contribution in [0.4, 0.5) is 0 Å². The Hall–Kier alpha value is -0.220. The standard InChI is InChI=1S/C6H13NO2S/c1-2-3-7-6(9)5(8)4-10/h5,8,10H,2-4H2,1H3,(H,7,9). The van der Waals surface area contributed by atoms with Crippen LogP contribution in [0.1, 0.15) is 13.3 Å². The predicted octanol–water partition coefficient (Wildman–Crippen LogP) is -0.197. The molecule has 0 radical (unpaired) electrons. The number of carbonyl (C=O) groups excluding carboxylic acids is 1. The second kappa shape index (κ2) is 5.56. The summed E-state index contributed by atoms with van der Waals surface area (Å²) >= 11 is 3.77. The number of amides is 1. The summed E-state index contributed by atoms with van der Waals surface area (Å²) in [6, 6.07) is 0. The average molecular weight is 163 g/mol. The number of thiol groups is 1. The first-order valence-electron chi connectivity index (χ1n) is 3.29. The van der Waals surface area contributed by atoms with Gasteiger partial charge in [0.2, 0.25) is 5.91 Å². The summed E-state index contributed by atoms with van der Waals surface area (Å²) in [7, 11) is 0. The van der Waals surface area contributed by atoms with Crippen LogP contribution in [0.25, 0.3) is 0 Å². The molecule has 0 rings (SSSR count). The first kappa shape index (κ1) is 9.78. The molecule has 2 N–H and O–H groups in total. The number of rotatable bonds is 4. The van der Waals surface area contributed by atoms with Gasteiger partial charge in [0.05, 0.1) is 0 Å². The topological polar surface area (TPSA) is 49.3 Å². The van der Waals surface area contributed by atoms with Gasteiger partial charge in [-0.2, -0.15) is 12.6 Å². The van der Waals surface area contributed by atoms with Crippen molar-refractivity contribution in [3.63, 3.8) is 0 Å². The minimum atomic E-state index is -0.963. The molecule has 10 heavy (non-hydrogen) atoms. The quantitative estimate of drug-likeness (QED) is 0.503. The second-order valence-corrected chi connectivity index (χ2v) is 2.35. The van der Waals surface area contributed by atoms with Crippen LogP contribution in [0.5, 0.6) is 0 Å². The molecule has 0 spiro atoms. The second-order valence-electron chi connectivity index (χ2n) is 1.99. The first-order chi connectivity index (χ1) is 4.72. The highest BCUT2D eigenvalue weighted by molar-refractivity contribution is 7.80. The third kappa shape index (κ3) is 3.74. The van der Waals surface area contributed by atoms with Crippen molar-refractivity contribution in [3.05, 3.63) is 0 Å². The van der Waals surface area contributed by atoms with E-state index in [1.165, 1.54) is 0 Å². The zero-order valence-electron chi connectivity index (χ0n) is 6.00. The highest BCUT2D eigenvalue weighted by Crippen LogP contribution is 1.86. The number of hydrogen-bond acceptors (Lipinski definition) is 3. The van der Waals surface area contributed by atoms with E-state index in [9.17, 15) is 4.79 Å². The monoisotopic (exact) mass is 163 g/mol. The Balaban J connectivity index is 3.42. The van der Waals surface area contributed by atoms with Crippen molar-refractivity contribution in [1.82, 2.24) is 5.32 Å². The summed E-state index contributed by atoms with van der Waals surface area (Å²) in [6.07, 6.45) is -0.0831. The lowest BCUT2D eigenvalue weighted by Gasteiger charge is -2.06. The Morgan fingerprint density at radius 3 is 2.80 bits per heavy atom. The molecule has 0 heterocycles. The molecule has 60 valence electrons. The molecule has 1 atom stereocenters. The van der Waals surface area contributed by atoms with Crippen molar-refractivity contribution in [2.24, 2.45) is 0 Å². The van der Waals surface area contributed by atoms with Crippen LogP contribution in [0.2, 0.25) is 0 Å². The molecule has 0 bridgehead atoms.